The molecular formula is C22H35N5O3. The normalized spacial score (nSPS) is 23.0. The molecule has 0 radical (unpaired) electrons. The van der Waals surface area contributed by atoms with Crippen molar-refractivity contribution in [2.24, 2.45) is 11.8 Å². The van der Waals surface area contributed by atoms with Crippen molar-refractivity contribution in [3.63, 3.8) is 0 Å². The van der Waals surface area contributed by atoms with E-state index in [1.54, 1.807) is 4.90 Å². The molecule has 2 amide bonds. The van der Waals surface area contributed by atoms with Gasteiger partial charge in [0.15, 0.2) is 5.82 Å². The molecule has 1 aliphatic heterocycles. The predicted molar refractivity (Wildman–Crippen MR) is 114 cm³/mol. The highest BCUT2D eigenvalue weighted by molar-refractivity contribution is 5.80. The molecule has 1 aromatic rings. The van der Waals surface area contributed by atoms with Gasteiger partial charge in [0.2, 0.25) is 17.7 Å². The quantitative estimate of drug-likeness (QED) is 0.682. The van der Waals surface area contributed by atoms with Gasteiger partial charge in [0.1, 0.15) is 0 Å². The number of nitrogens with one attached hydrogen (secondary N) is 1. The number of carbonyl (C=O) groups excluding carboxylic acids is 2. The number of hydrogen-bond acceptors (Lipinski definition) is 6. The number of carbonyl (C=O) groups is 2. The first-order valence-electron chi connectivity index (χ1n) is 11.0. The summed E-state index contributed by atoms with van der Waals surface area (Å²) < 4.78 is 5.24. The Balaban J connectivity index is 1.48. The summed E-state index contributed by atoms with van der Waals surface area (Å²) in [6.07, 6.45) is 8.00. The third-order valence-electron chi connectivity index (χ3n) is 6.03. The molecule has 166 valence electrons. The van der Waals surface area contributed by atoms with Crippen LogP contribution in [0.3, 0.4) is 0 Å². The zero-order valence-electron chi connectivity index (χ0n) is 18.6. The maximum absolute atomic E-state index is 13.0. The lowest BCUT2D eigenvalue weighted by Gasteiger charge is -2.25. The van der Waals surface area contributed by atoms with Gasteiger partial charge in [-0.05, 0) is 32.7 Å². The van der Waals surface area contributed by atoms with Crippen molar-refractivity contribution in [1.82, 2.24) is 25.3 Å². The summed E-state index contributed by atoms with van der Waals surface area (Å²) in [7, 11) is 3.86. The van der Waals surface area contributed by atoms with E-state index in [0.717, 1.165) is 32.2 Å². The highest BCUT2D eigenvalue weighted by Gasteiger charge is 2.30. The van der Waals surface area contributed by atoms with Crippen molar-refractivity contribution in [3.8, 4) is 0 Å². The molecule has 2 atom stereocenters. The van der Waals surface area contributed by atoms with Crippen LogP contribution in [0.2, 0.25) is 0 Å². The van der Waals surface area contributed by atoms with Crippen LogP contribution in [0.1, 0.15) is 57.2 Å². The molecule has 1 fully saturated rings. The summed E-state index contributed by atoms with van der Waals surface area (Å²) in [6, 6.07) is 0.0972. The molecule has 1 aromatic heterocycles. The molecule has 0 spiro atoms. The van der Waals surface area contributed by atoms with Crippen LogP contribution in [-0.2, 0) is 16.0 Å². The van der Waals surface area contributed by atoms with E-state index in [2.05, 4.69) is 32.5 Å². The van der Waals surface area contributed by atoms with E-state index in [-0.39, 0.29) is 35.6 Å². The molecule has 3 rings (SSSR count). The molecule has 0 saturated carbocycles. The van der Waals surface area contributed by atoms with Crippen molar-refractivity contribution < 1.29 is 14.1 Å². The lowest BCUT2D eigenvalue weighted by atomic mass is 9.99. The summed E-state index contributed by atoms with van der Waals surface area (Å²) in [6.45, 7) is 6.07. The lowest BCUT2D eigenvalue weighted by Crippen LogP contribution is -2.44. The first-order valence-corrected chi connectivity index (χ1v) is 11.0. The van der Waals surface area contributed by atoms with Gasteiger partial charge in [0, 0.05) is 51.0 Å². The predicted octanol–water partition coefficient (Wildman–Crippen LogP) is 1.99. The van der Waals surface area contributed by atoms with E-state index in [1.165, 1.54) is 0 Å². The van der Waals surface area contributed by atoms with Crippen LogP contribution in [0, 0.1) is 11.8 Å². The second-order valence-corrected chi connectivity index (χ2v) is 9.05. The second-order valence-electron chi connectivity index (χ2n) is 9.05. The fraction of sp³-hybridized carbons (Fsp3) is 0.727. The van der Waals surface area contributed by atoms with Gasteiger partial charge in [0.05, 0.1) is 5.92 Å². The topological polar surface area (TPSA) is 91.6 Å². The number of allylic oxidation sites excluding steroid dienone is 2. The minimum atomic E-state index is -0.0634. The Morgan fingerprint density at radius 3 is 2.63 bits per heavy atom. The summed E-state index contributed by atoms with van der Waals surface area (Å²) in [4.78, 5) is 33.8. The molecule has 1 saturated heterocycles. The fourth-order valence-electron chi connectivity index (χ4n) is 4.17. The Morgan fingerprint density at radius 1 is 1.23 bits per heavy atom. The Bertz CT molecular complexity index is 752. The van der Waals surface area contributed by atoms with Gasteiger partial charge in [-0.15, -0.1) is 0 Å². The van der Waals surface area contributed by atoms with Crippen LogP contribution in [0.15, 0.2) is 16.7 Å². The number of likely N-dealkylation sites (N-methyl/N-ethyl adjacent to an activating group) is 2. The van der Waals surface area contributed by atoms with Gasteiger partial charge in [-0.1, -0.05) is 31.2 Å². The van der Waals surface area contributed by atoms with Crippen LogP contribution in [0.25, 0.3) is 0 Å². The number of nitrogens with zero attached hydrogens (tertiary/aromatic N) is 4. The number of aromatic nitrogens is 2. The largest absolute Gasteiger partial charge is 0.352 e. The van der Waals surface area contributed by atoms with Crippen molar-refractivity contribution in [3.05, 3.63) is 23.9 Å². The standard InChI is InChI=1S/C22H35N5O3/c1-15(2)21-24-19(25-30-21)11-12-27(4)22(29)17-9-10-18(14-26(3)13-17)23-20(28)16-7-5-6-8-16/h5-6,15-18H,7-14H2,1-4H3,(H,23,28)/t17-,18+/m1/s1. The lowest BCUT2D eigenvalue weighted by molar-refractivity contribution is -0.134. The van der Waals surface area contributed by atoms with Gasteiger partial charge in [0.25, 0.3) is 0 Å². The molecule has 1 aliphatic carbocycles. The van der Waals surface area contributed by atoms with E-state index in [4.69, 9.17) is 4.52 Å². The Kier molecular flexibility index (Phi) is 7.64. The third kappa shape index (κ3) is 5.90. The minimum Gasteiger partial charge on any atom is -0.352 e. The average Bonchev–Trinajstić information content (AvgIpc) is 3.37. The van der Waals surface area contributed by atoms with E-state index < -0.39 is 0 Å². The van der Waals surface area contributed by atoms with Gasteiger partial charge in [-0.3, -0.25) is 9.59 Å². The van der Waals surface area contributed by atoms with Crippen LogP contribution in [0.5, 0.6) is 0 Å². The summed E-state index contributed by atoms with van der Waals surface area (Å²) >= 11 is 0. The Morgan fingerprint density at radius 2 is 1.97 bits per heavy atom. The molecule has 0 unspecified atom stereocenters. The molecule has 1 N–H and O–H groups in total. The number of likely N-dealkylation sites (tertiary alicyclic amines) is 1. The van der Waals surface area contributed by atoms with Crippen molar-refractivity contribution >= 4 is 11.8 Å². The summed E-state index contributed by atoms with van der Waals surface area (Å²) in [5.41, 5.74) is 0. The SMILES string of the molecule is CC(C)c1nc(CCN(C)C(=O)[C@@H]2CC[C@H](NC(=O)C3CC=CC3)CN(C)C2)no1. The second kappa shape index (κ2) is 10.2. The summed E-state index contributed by atoms with van der Waals surface area (Å²) in [5.74, 6) is 1.76. The molecular weight excluding hydrogens is 382 g/mol. The van der Waals surface area contributed by atoms with Gasteiger partial charge >= 0.3 is 0 Å². The first kappa shape index (κ1) is 22.5. The van der Waals surface area contributed by atoms with E-state index in [1.807, 2.05) is 27.9 Å². The number of rotatable bonds is 7. The van der Waals surface area contributed by atoms with E-state index in [0.29, 0.717) is 31.2 Å². The maximum Gasteiger partial charge on any atom is 0.229 e. The third-order valence-corrected chi connectivity index (χ3v) is 6.03. The average molecular weight is 418 g/mol. The molecule has 0 aromatic carbocycles. The molecule has 0 bridgehead atoms. The molecule has 30 heavy (non-hydrogen) atoms. The van der Waals surface area contributed by atoms with Crippen LogP contribution < -0.4 is 5.32 Å². The highest BCUT2D eigenvalue weighted by Crippen LogP contribution is 2.21. The van der Waals surface area contributed by atoms with Crippen molar-refractivity contribution in [2.75, 3.05) is 33.7 Å². The molecule has 2 heterocycles. The highest BCUT2D eigenvalue weighted by atomic mass is 16.5. The van der Waals surface area contributed by atoms with Gasteiger partial charge in [-0.25, -0.2) is 0 Å². The zero-order chi connectivity index (χ0) is 21.7. The fourth-order valence-corrected chi connectivity index (χ4v) is 4.17. The van der Waals surface area contributed by atoms with E-state index in [9.17, 15) is 9.59 Å². The number of hydrogen-bond donors (Lipinski definition) is 1. The number of amides is 2. The summed E-state index contributed by atoms with van der Waals surface area (Å²) in [5, 5.41) is 7.21. The van der Waals surface area contributed by atoms with Crippen molar-refractivity contribution in [2.45, 2.75) is 57.9 Å². The zero-order valence-corrected chi connectivity index (χ0v) is 18.6. The van der Waals surface area contributed by atoms with Crippen LogP contribution in [0.4, 0.5) is 0 Å². The van der Waals surface area contributed by atoms with Crippen LogP contribution in [-0.4, -0.2) is 71.5 Å². The molecule has 8 heteroatoms. The smallest absolute Gasteiger partial charge is 0.229 e. The first-order chi connectivity index (χ1) is 14.3. The monoisotopic (exact) mass is 417 g/mol. The molecule has 8 nitrogen and oxygen atoms in total. The van der Waals surface area contributed by atoms with Crippen molar-refractivity contribution in [1.29, 1.82) is 0 Å². The van der Waals surface area contributed by atoms with Gasteiger partial charge in [-0.2, -0.15) is 4.98 Å². The Hall–Kier alpha value is -2.22. The van der Waals surface area contributed by atoms with Crippen LogP contribution >= 0.6 is 0 Å². The molecule has 2 aliphatic rings. The minimum absolute atomic E-state index is 0.0634. The Labute approximate surface area is 179 Å². The van der Waals surface area contributed by atoms with Gasteiger partial charge < -0.3 is 19.6 Å². The van der Waals surface area contributed by atoms with E-state index >= 15 is 0 Å². The maximum atomic E-state index is 13.0.